The molecule has 1 amide bonds. The van der Waals surface area contributed by atoms with E-state index in [4.69, 9.17) is 5.26 Å². The van der Waals surface area contributed by atoms with Gasteiger partial charge in [0.2, 0.25) is 0 Å². The largest absolute Gasteiger partial charge is 0.452 e. The Morgan fingerprint density at radius 1 is 1.40 bits per heavy atom. The van der Waals surface area contributed by atoms with Gasteiger partial charge in [-0.25, -0.2) is 10.2 Å². The number of methoxy groups -OCH3 is 1. The topological polar surface area (TPSA) is 74.2 Å². The number of nitrogens with one attached hydrogen (secondary N) is 2. The highest BCUT2D eigenvalue weighted by Crippen LogP contribution is 2.17. The highest BCUT2D eigenvalue weighted by molar-refractivity contribution is 5.66. The van der Waals surface area contributed by atoms with Crippen LogP contribution in [-0.4, -0.2) is 18.7 Å². The molecule has 0 aliphatic rings. The Labute approximate surface area is 90.8 Å². The lowest BCUT2D eigenvalue weighted by atomic mass is 9.91. The van der Waals surface area contributed by atoms with Gasteiger partial charge in [-0.15, -0.1) is 0 Å². The molecule has 0 heterocycles. The quantitative estimate of drug-likeness (QED) is 0.659. The van der Waals surface area contributed by atoms with E-state index in [1.165, 1.54) is 7.11 Å². The van der Waals surface area contributed by atoms with Crippen LogP contribution in [0.25, 0.3) is 0 Å². The van der Waals surface area contributed by atoms with E-state index in [1.807, 2.05) is 13.8 Å². The molecule has 15 heavy (non-hydrogen) atoms. The van der Waals surface area contributed by atoms with Crippen molar-refractivity contribution >= 4 is 6.09 Å². The second kappa shape index (κ2) is 7.07. The molecule has 0 aliphatic carbocycles. The van der Waals surface area contributed by atoms with Crippen LogP contribution in [0.2, 0.25) is 0 Å². The van der Waals surface area contributed by atoms with Crippen LogP contribution in [0.4, 0.5) is 4.79 Å². The molecule has 86 valence electrons. The fourth-order valence-electron chi connectivity index (χ4n) is 1.47. The van der Waals surface area contributed by atoms with Crippen LogP contribution in [0, 0.1) is 11.3 Å². The number of nitriles is 1. The summed E-state index contributed by atoms with van der Waals surface area (Å²) in [4.78, 5) is 10.9. The number of ether oxygens (including phenoxy) is 1. The summed E-state index contributed by atoms with van der Waals surface area (Å²) in [6, 6.07) is 2.22. The molecular weight excluding hydrogens is 194 g/mol. The first-order valence-corrected chi connectivity index (χ1v) is 5.16. The Balaban J connectivity index is 4.34. The Morgan fingerprint density at radius 3 is 2.27 bits per heavy atom. The third kappa shape index (κ3) is 4.66. The van der Waals surface area contributed by atoms with E-state index in [9.17, 15) is 4.79 Å². The number of hydrogen-bond acceptors (Lipinski definition) is 4. The number of hydrazine groups is 1. The lowest BCUT2D eigenvalue weighted by Crippen LogP contribution is -2.53. The molecule has 0 spiro atoms. The molecule has 0 rings (SSSR count). The molecule has 0 aromatic rings. The van der Waals surface area contributed by atoms with Crippen molar-refractivity contribution in [2.24, 2.45) is 0 Å². The van der Waals surface area contributed by atoms with Crippen LogP contribution in [0.15, 0.2) is 0 Å². The van der Waals surface area contributed by atoms with Gasteiger partial charge in [0.25, 0.3) is 0 Å². The maximum atomic E-state index is 10.9. The van der Waals surface area contributed by atoms with Gasteiger partial charge in [0.15, 0.2) is 0 Å². The molecule has 5 nitrogen and oxygen atoms in total. The Bertz CT molecular complexity index is 229. The van der Waals surface area contributed by atoms with E-state index >= 15 is 0 Å². The zero-order valence-electron chi connectivity index (χ0n) is 9.59. The Kier molecular flexibility index (Phi) is 6.47. The van der Waals surface area contributed by atoms with Gasteiger partial charge in [0, 0.05) is 0 Å². The van der Waals surface area contributed by atoms with Crippen molar-refractivity contribution in [3.05, 3.63) is 0 Å². The van der Waals surface area contributed by atoms with Crippen LogP contribution in [0.3, 0.4) is 0 Å². The van der Waals surface area contributed by atoms with Crippen LogP contribution in [0.5, 0.6) is 0 Å². The van der Waals surface area contributed by atoms with Crippen LogP contribution in [0.1, 0.15) is 39.5 Å². The molecule has 0 aromatic carbocycles. The summed E-state index contributed by atoms with van der Waals surface area (Å²) in [5, 5.41) is 9.12. The minimum Gasteiger partial charge on any atom is -0.452 e. The molecule has 0 saturated heterocycles. The number of amides is 1. The highest BCUT2D eigenvalue weighted by Gasteiger charge is 2.28. The molecule has 0 fully saturated rings. The summed E-state index contributed by atoms with van der Waals surface area (Å²) < 4.78 is 4.42. The van der Waals surface area contributed by atoms with Crippen molar-refractivity contribution in [2.45, 2.75) is 45.1 Å². The summed E-state index contributed by atoms with van der Waals surface area (Å²) >= 11 is 0. The van der Waals surface area contributed by atoms with E-state index < -0.39 is 11.6 Å². The Hall–Kier alpha value is -1.28. The molecule has 0 bridgehead atoms. The predicted molar refractivity (Wildman–Crippen MR) is 56.8 cm³/mol. The number of carbonyl (C=O) groups is 1. The van der Waals surface area contributed by atoms with E-state index in [0.717, 1.165) is 12.8 Å². The molecule has 0 atom stereocenters. The van der Waals surface area contributed by atoms with E-state index in [1.54, 1.807) is 0 Å². The van der Waals surface area contributed by atoms with Gasteiger partial charge in [-0.05, 0) is 12.8 Å². The van der Waals surface area contributed by atoms with Gasteiger partial charge in [-0.3, -0.25) is 5.43 Å². The lowest BCUT2D eigenvalue weighted by molar-refractivity contribution is 0.158. The highest BCUT2D eigenvalue weighted by atomic mass is 16.5. The van der Waals surface area contributed by atoms with Gasteiger partial charge < -0.3 is 4.74 Å². The van der Waals surface area contributed by atoms with E-state index in [0.29, 0.717) is 12.8 Å². The molecule has 0 unspecified atom stereocenters. The van der Waals surface area contributed by atoms with Gasteiger partial charge in [0.05, 0.1) is 13.2 Å². The van der Waals surface area contributed by atoms with Crippen molar-refractivity contribution in [3.8, 4) is 6.07 Å². The molecule has 5 heteroatoms. The van der Waals surface area contributed by atoms with Gasteiger partial charge in [-0.1, -0.05) is 26.7 Å². The first kappa shape index (κ1) is 13.7. The van der Waals surface area contributed by atoms with Gasteiger partial charge in [-0.2, -0.15) is 5.26 Å². The van der Waals surface area contributed by atoms with E-state index in [2.05, 4.69) is 21.7 Å². The zero-order valence-corrected chi connectivity index (χ0v) is 9.59. The maximum absolute atomic E-state index is 10.9. The Morgan fingerprint density at radius 2 is 1.93 bits per heavy atom. The number of carbonyl (C=O) groups excluding carboxylic acids is 1. The second-order valence-corrected chi connectivity index (χ2v) is 3.44. The average molecular weight is 213 g/mol. The second-order valence-electron chi connectivity index (χ2n) is 3.44. The molecule has 0 saturated carbocycles. The van der Waals surface area contributed by atoms with Crippen molar-refractivity contribution < 1.29 is 9.53 Å². The maximum Gasteiger partial charge on any atom is 0.421 e. The number of rotatable bonds is 6. The smallest absolute Gasteiger partial charge is 0.421 e. The monoisotopic (exact) mass is 213 g/mol. The molecular formula is C10H19N3O2. The number of hydrogen-bond donors (Lipinski definition) is 2. The first-order chi connectivity index (χ1) is 7.14. The minimum atomic E-state index is -0.683. The minimum absolute atomic E-state index is 0.582. The first-order valence-electron chi connectivity index (χ1n) is 5.16. The molecule has 2 N–H and O–H groups in total. The van der Waals surface area contributed by atoms with Crippen LogP contribution in [-0.2, 0) is 4.74 Å². The van der Waals surface area contributed by atoms with Crippen LogP contribution < -0.4 is 10.9 Å². The van der Waals surface area contributed by atoms with Gasteiger partial charge >= 0.3 is 6.09 Å². The molecule has 0 aliphatic heterocycles. The molecule has 0 aromatic heterocycles. The summed E-state index contributed by atoms with van der Waals surface area (Å²) in [6.45, 7) is 4.00. The third-order valence-electron chi connectivity index (χ3n) is 2.16. The third-order valence-corrected chi connectivity index (χ3v) is 2.16. The SMILES string of the molecule is CCCC(C#N)(CCC)NNC(=O)OC. The van der Waals surface area contributed by atoms with Crippen molar-refractivity contribution in [1.29, 1.82) is 5.26 Å². The van der Waals surface area contributed by atoms with Crippen LogP contribution >= 0.6 is 0 Å². The number of nitrogens with zero attached hydrogens (tertiary/aromatic N) is 1. The van der Waals surface area contributed by atoms with Crippen molar-refractivity contribution in [3.63, 3.8) is 0 Å². The molecule has 0 radical (unpaired) electrons. The normalized spacial score (nSPS) is 10.5. The summed E-state index contributed by atoms with van der Waals surface area (Å²) in [7, 11) is 1.28. The average Bonchev–Trinajstić information content (AvgIpc) is 2.26. The summed E-state index contributed by atoms with van der Waals surface area (Å²) in [6.07, 6.45) is 2.57. The van der Waals surface area contributed by atoms with Crippen molar-refractivity contribution in [2.75, 3.05) is 7.11 Å². The summed E-state index contributed by atoms with van der Waals surface area (Å²) in [5.74, 6) is 0. The van der Waals surface area contributed by atoms with E-state index in [-0.39, 0.29) is 0 Å². The van der Waals surface area contributed by atoms with Crippen molar-refractivity contribution in [1.82, 2.24) is 10.9 Å². The summed E-state index contributed by atoms with van der Waals surface area (Å²) in [5.41, 5.74) is 4.43. The fourth-order valence-corrected chi connectivity index (χ4v) is 1.47. The lowest BCUT2D eigenvalue weighted by Gasteiger charge is -2.26. The fraction of sp³-hybridized carbons (Fsp3) is 0.800. The van der Waals surface area contributed by atoms with Gasteiger partial charge in [0.1, 0.15) is 5.54 Å². The standard InChI is InChI=1S/C10H19N3O2/c1-4-6-10(8-11,7-5-2)13-12-9(14)15-3/h13H,4-7H2,1-3H3,(H,12,14). The zero-order chi connectivity index (χ0) is 11.7. The predicted octanol–water partition coefficient (Wildman–Crippen LogP) is 1.71.